The third kappa shape index (κ3) is 5.23. The van der Waals surface area contributed by atoms with Crippen molar-refractivity contribution in [3.63, 3.8) is 0 Å². The lowest BCUT2D eigenvalue weighted by molar-refractivity contribution is -0.137. The molecule has 0 aliphatic rings. The van der Waals surface area contributed by atoms with Crippen LogP contribution >= 0.6 is 0 Å². The summed E-state index contributed by atoms with van der Waals surface area (Å²) in [6, 6.07) is 10.7. The minimum Gasteiger partial charge on any atom is -0.376 e. The van der Waals surface area contributed by atoms with Gasteiger partial charge in [-0.05, 0) is 36.4 Å². The number of halogens is 3. The van der Waals surface area contributed by atoms with Gasteiger partial charge in [0.15, 0.2) is 0 Å². The highest BCUT2D eigenvalue weighted by atomic mass is 32.2. The molecule has 1 heterocycles. The monoisotopic (exact) mass is 454 g/mol. The Kier molecular flexibility index (Phi) is 6.65. The van der Waals surface area contributed by atoms with E-state index in [9.17, 15) is 21.6 Å². The number of sulfonamides is 1. The van der Waals surface area contributed by atoms with Gasteiger partial charge in [0, 0.05) is 24.3 Å². The van der Waals surface area contributed by atoms with Crippen LogP contribution in [0, 0.1) is 0 Å². The molecule has 11 heteroatoms. The summed E-state index contributed by atoms with van der Waals surface area (Å²) in [4.78, 5) is 4.36. The molecule has 7 nitrogen and oxygen atoms in total. The van der Waals surface area contributed by atoms with Gasteiger partial charge in [-0.2, -0.15) is 22.5 Å². The molecule has 0 saturated heterocycles. The number of aromatic nitrogens is 2. The third-order valence-corrected chi connectivity index (χ3v) is 6.64. The van der Waals surface area contributed by atoms with E-state index in [-0.39, 0.29) is 23.2 Å². The van der Waals surface area contributed by atoms with Crippen molar-refractivity contribution in [3.05, 3.63) is 60.0 Å². The van der Waals surface area contributed by atoms with E-state index in [1.807, 2.05) is 0 Å². The topological polar surface area (TPSA) is 88.3 Å². The first kappa shape index (κ1) is 22.8. The highest BCUT2D eigenvalue weighted by Gasteiger charge is 2.30. The zero-order valence-corrected chi connectivity index (χ0v) is 17.7. The molecule has 3 aromatic rings. The smallest absolute Gasteiger partial charge is 0.376 e. The molecule has 0 amide bonds. The average Bonchev–Trinajstić information content (AvgIpc) is 3.22. The van der Waals surface area contributed by atoms with Crippen LogP contribution in [-0.4, -0.2) is 36.0 Å². The molecule has 3 rings (SSSR count). The number of hydrogen-bond acceptors (Lipinski definition) is 6. The van der Waals surface area contributed by atoms with Crippen molar-refractivity contribution >= 4 is 15.7 Å². The number of benzene rings is 2. The van der Waals surface area contributed by atoms with E-state index in [4.69, 9.17) is 4.52 Å². The fourth-order valence-corrected chi connectivity index (χ4v) is 4.35. The zero-order chi connectivity index (χ0) is 22.6. The second-order valence-electron chi connectivity index (χ2n) is 6.55. The Balaban J connectivity index is 1.64. The highest BCUT2D eigenvalue weighted by Crippen LogP contribution is 2.30. The van der Waals surface area contributed by atoms with E-state index in [0.29, 0.717) is 24.3 Å². The first-order chi connectivity index (χ1) is 14.6. The summed E-state index contributed by atoms with van der Waals surface area (Å²) >= 11 is 0. The van der Waals surface area contributed by atoms with Gasteiger partial charge in [-0.3, -0.25) is 0 Å². The van der Waals surface area contributed by atoms with Crippen LogP contribution in [0.15, 0.2) is 57.9 Å². The SMILES string of the molecule is CCN(CC)S(=O)(=O)c1ccc(NCc2nc(-c3ccc(C(F)(F)F)cc3)no2)cc1. The maximum absolute atomic E-state index is 12.7. The second kappa shape index (κ2) is 9.06. The molecule has 1 aromatic heterocycles. The van der Waals surface area contributed by atoms with E-state index in [2.05, 4.69) is 15.5 Å². The van der Waals surface area contributed by atoms with E-state index in [1.54, 1.807) is 26.0 Å². The summed E-state index contributed by atoms with van der Waals surface area (Å²) < 4.78 is 69.5. The summed E-state index contributed by atoms with van der Waals surface area (Å²) in [5.74, 6) is 0.404. The van der Waals surface area contributed by atoms with Crippen molar-refractivity contribution in [1.82, 2.24) is 14.4 Å². The number of alkyl halides is 3. The van der Waals surface area contributed by atoms with Crippen LogP contribution in [0.3, 0.4) is 0 Å². The number of anilines is 1. The Bertz CT molecular complexity index is 1110. The summed E-state index contributed by atoms with van der Waals surface area (Å²) in [5.41, 5.74) is 0.287. The van der Waals surface area contributed by atoms with Crippen molar-refractivity contribution in [2.24, 2.45) is 0 Å². The van der Waals surface area contributed by atoms with Gasteiger partial charge in [0.25, 0.3) is 0 Å². The van der Waals surface area contributed by atoms with Crippen molar-refractivity contribution in [2.45, 2.75) is 31.5 Å². The van der Waals surface area contributed by atoms with Gasteiger partial charge in [0.2, 0.25) is 21.7 Å². The molecule has 0 unspecified atom stereocenters. The van der Waals surface area contributed by atoms with Crippen LogP contribution in [-0.2, 0) is 22.7 Å². The molecule has 166 valence electrons. The summed E-state index contributed by atoms with van der Waals surface area (Å²) in [6.45, 7) is 4.49. The largest absolute Gasteiger partial charge is 0.416 e. The van der Waals surface area contributed by atoms with Crippen molar-refractivity contribution in [2.75, 3.05) is 18.4 Å². The second-order valence-corrected chi connectivity index (χ2v) is 8.49. The van der Waals surface area contributed by atoms with Crippen molar-refractivity contribution in [3.8, 4) is 11.4 Å². The van der Waals surface area contributed by atoms with E-state index in [0.717, 1.165) is 12.1 Å². The predicted molar refractivity (Wildman–Crippen MR) is 109 cm³/mol. The first-order valence-electron chi connectivity index (χ1n) is 9.49. The fourth-order valence-electron chi connectivity index (χ4n) is 2.89. The van der Waals surface area contributed by atoms with Crippen LogP contribution in [0.1, 0.15) is 25.3 Å². The Morgan fingerprint density at radius 1 is 1.00 bits per heavy atom. The number of hydrogen-bond donors (Lipinski definition) is 1. The maximum Gasteiger partial charge on any atom is 0.416 e. The van der Waals surface area contributed by atoms with Crippen molar-refractivity contribution < 1.29 is 26.1 Å². The molecule has 0 radical (unpaired) electrons. The van der Waals surface area contributed by atoms with Gasteiger partial charge in [0.1, 0.15) is 0 Å². The Morgan fingerprint density at radius 3 is 2.16 bits per heavy atom. The minimum atomic E-state index is -4.41. The van der Waals surface area contributed by atoms with Crippen LogP contribution in [0.4, 0.5) is 18.9 Å². The van der Waals surface area contributed by atoms with Crippen molar-refractivity contribution in [1.29, 1.82) is 0 Å². The number of nitrogens with zero attached hydrogens (tertiary/aromatic N) is 3. The molecule has 0 aliphatic carbocycles. The quantitative estimate of drug-likeness (QED) is 0.543. The van der Waals surface area contributed by atoms with E-state index < -0.39 is 21.8 Å². The lowest BCUT2D eigenvalue weighted by atomic mass is 10.1. The van der Waals surface area contributed by atoms with Gasteiger partial charge in [-0.1, -0.05) is 31.1 Å². The van der Waals surface area contributed by atoms with Gasteiger partial charge in [0.05, 0.1) is 17.0 Å². The van der Waals surface area contributed by atoms with Gasteiger partial charge in [-0.25, -0.2) is 8.42 Å². The molecule has 0 atom stereocenters. The summed E-state index contributed by atoms with van der Waals surface area (Å²) in [7, 11) is -3.53. The molecular weight excluding hydrogens is 433 g/mol. The first-order valence-corrected chi connectivity index (χ1v) is 10.9. The third-order valence-electron chi connectivity index (χ3n) is 4.58. The van der Waals surface area contributed by atoms with Crippen LogP contribution in [0.25, 0.3) is 11.4 Å². The Morgan fingerprint density at radius 2 is 1.61 bits per heavy atom. The highest BCUT2D eigenvalue weighted by molar-refractivity contribution is 7.89. The minimum absolute atomic E-state index is 0.162. The van der Waals surface area contributed by atoms with Crippen LogP contribution < -0.4 is 5.32 Å². The van der Waals surface area contributed by atoms with Crippen LogP contribution in [0.2, 0.25) is 0 Å². The molecule has 31 heavy (non-hydrogen) atoms. The normalized spacial score (nSPS) is 12.3. The molecule has 0 saturated carbocycles. The lowest BCUT2D eigenvalue weighted by Crippen LogP contribution is -2.30. The zero-order valence-electron chi connectivity index (χ0n) is 16.8. The van der Waals surface area contributed by atoms with Gasteiger partial charge in [-0.15, -0.1) is 0 Å². The molecule has 1 N–H and O–H groups in total. The summed E-state index contributed by atoms with van der Waals surface area (Å²) in [5, 5.41) is 6.82. The number of nitrogens with one attached hydrogen (secondary N) is 1. The Hall–Kier alpha value is -2.92. The average molecular weight is 454 g/mol. The maximum atomic E-state index is 12.7. The van der Waals surface area contributed by atoms with E-state index >= 15 is 0 Å². The molecule has 2 aromatic carbocycles. The molecular formula is C20H21F3N4O3S. The molecule has 0 spiro atoms. The summed E-state index contributed by atoms with van der Waals surface area (Å²) in [6.07, 6.45) is -4.41. The molecule has 0 bridgehead atoms. The van der Waals surface area contributed by atoms with Gasteiger partial charge < -0.3 is 9.84 Å². The van der Waals surface area contributed by atoms with Gasteiger partial charge >= 0.3 is 6.18 Å². The molecule has 0 aliphatic heterocycles. The predicted octanol–water partition coefficient (Wildman–Crippen LogP) is 4.40. The molecule has 0 fully saturated rings. The Labute approximate surface area is 177 Å². The lowest BCUT2D eigenvalue weighted by Gasteiger charge is -2.18. The van der Waals surface area contributed by atoms with E-state index in [1.165, 1.54) is 28.6 Å². The van der Waals surface area contributed by atoms with Crippen LogP contribution in [0.5, 0.6) is 0 Å². The number of rotatable bonds is 8. The standard InChI is InChI=1S/C20H21F3N4O3S/c1-3-27(4-2)31(28,29)17-11-9-16(10-12-17)24-13-18-25-19(26-30-18)14-5-7-15(8-6-14)20(21,22)23/h5-12,24H,3-4,13H2,1-2H3. The fraction of sp³-hybridized carbons (Fsp3) is 0.300.